The molecule has 2 rings (SSSR count). The maximum atomic E-state index is 12.3. The number of carbonyl (C=O) groups is 1. The van der Waals surface area contributed by atoms with E-state index >= 15 is 0 Å². The molecule has 0 aliphatic rings. The Labute approximate surface area is 153 Å². The lowest BCUT2D eigenvalue weighted by molar-refractivity contribution is 0.0511. The molecule has 7 heteroatoms. The Bertz CT molecular complexity index is 838. The highest BCUT2D eigenvalue weighted by Gasteiger charge is 2.28. The zero-order chi connectivity index (χ0) is 18.8. The van der Waals surface area contributed by atoms with Crippen molar-refractivity contribution in [1.82, 2.24) is 5.32 Å². The molecule has 0 spiro atoms. The summed E-state index contributed by atoms with van der Waals surface area (Å²) in [6, 6.07) is 7.45. The third-order valence-electron chi connectivity index (χ3n) is 3.26. The maximum absolute atomic E-state index is 12.3. The number of aromatic hydroxyl groups is 1. The van der Waals surface area contributed by atoms with E-state index in [1.54, 1.807) is 52.0 Å². The minimum Gasteiger partial charge on any atom is -0.507 e. The third kappa shape index (κ3) is 4.85. The number of alkyl carbamates (subject to hydrolysis) is 1. The highest BCUT2D eigenvalue weighted by Crippen LogP contribution is 2.32. The predicted octanol–water partition coefficient (Wildman–Crippen LogP) is 4.03. The number of halogens is 1. The van der Waals surface area contributed by atoms with Crippen LogP contribution in [0, 0.1) is 6.92 Å². The third-order valence-corrected chi connectivity index (χ3v) is 3.98. The molecule has 0 aliphatic carbocycles. The van der Waals surface area contributed by atoms with Crippen LogP contribution in [-0.4, -0.2) is 16.8 Å². The molecular formula is C18H20BrNO5. The van der Waals surface area contributed by atoms with Gasteiger partial charge in [-0.05, 0) is 39.3 Å². The summed E-state index contributed by atoms with van der Waals surface area (Å²) in [7, 11) is 0. The van der Waals surface area contributed by atoms with E-state index in [1.165, 1.54) is 6.07 Å². The van der Waals surface area contributed by atoms with Gasteiger partial charge < -0.3 is 19.6 Å². The van der Waals surface area contributed by atoms with E-state index in [2.05, 4.69) is 21.2 Å². The van der Waals surface area contributed by atoms with Crippen LogP contribution < -0.4 is 10.9 Å². The number of nitrogens with one attached hydrogen (secondary N) is 1. The average Bonchev–Trinajstić information content (AvgIpc) is 2.43. The zero-order valence-electron chi connectivity index (χ0n) is 14.4. The number of hydrogen-bond donors (Lipinski definition) is 2. The Balaban J connectivity index is 2.53. The van der Waals surface area contributed by atoms with Crippen LogP contribution in [0.4, 0.5) is 4.79 Å². The van der Waals surface area contributed by atoms with Gasteiger partial charge in [0.2, 0.25) is 0 Å². The van der Waals surface area contributed by atoms with Crippen molar-refractivity contribution in [3.63, 3.8) is 0 Å². The van der Waals surface area contributed by atoms with E-state index in [0.717, 1.165) is 0 Å². The molecule has 2 N–H and O–H groups in total. The van der Waals surface area contributed by atoms with Gasteiger partial charge in [0.05, 0.1) is 6.04 Å². The van der Waals surface area contributed by atoms with E-state index in [1.807, 2.05) is 0 Å². The number of hydrogen-bond acceptors (Lipinski definition) is 5. The van der Waals surface area contributed by atoms with E-state index in [0.29, 0.717) is 10.0 Å². The average molecular weight is 410 g/mol. The van der Waals surface area contributed by atoms with Crippen molar-refractivity contribution in [2.45, 2.75) is 39.3 Å². The van der Waals surface area contributed by atoms with Crippen molar-refractivity contribution in [3.8, 4) is 5.75 Å². The highest BCUT2D eigenvalue weighted by molar-refractivity contribution is 9.10. The first kappa shape index (κ1) is 19.1. The SMILES string of the molecule is Cc1cc(O)c([C@H](NC(=O)OC(C)(C)C)c2ccccc2Br)c(=O)o1. The molecule has 0 saturated heterocycles. The van der Waals surface area contributed by atoms with Crippen LogP contribution in [0.3, 0.4) is 0 Å². The smallest absolute Gasteiger partial charge is 0.408 e. The molecule has 25 heavy (non-hydrogen) atoms. The van der Waals surface area contributed by atoms with Gasteiger partial charge in [-0.15, -0.1) is 0 Å². The van der Waals surface area contributed by atoms with Crippen molar-refractivity contribution in [2.24, 2.45) is 0 Å². The summed E-state index contributed by atoms with van der Waals surface area (Å²) in [5.74, 6) is 0.0138. The molecule has 0 bridgehead atoms. The second-order valence-electron chi connectivity index (χ2n) is 6.54. The van der Waals surface area contributed by atoms with E-state index in [-0.39, 0.29) is 17.1 Å². The van der Waals surface area contributed by atoms with Gasteiger partial charge in [0.15, 0.2) is 0 Å². The quantitative estimate of drug-likeness (QED) is 0.798. The molecule has 134 valence electrons. The van der Waals surface area contributed by atoms with Crippen LogP contribution in [0.15, 0.2) is 44.0 Å². The number of aryl methyl sites for hydroxylation is 1. The lowest BCUT2D eigenvalue weighted by Gasteiger charge is -2.24. The molecule has 1 heterocycles. The van der Waals surface area contributed by atoms with Gasteiger partial charge in [-0.3, -0.25) is 0 Å². The molecular weight excluding hydrogens is 390 g/mol. The van der Waals surface area contributed by atoms with Gasteiger partial charge >= 0.3 is 11.7 Å². The van der Waals surface area contributed by atoms with Crippen molar-refractivity contribution in [2.75, 3.05) is 0 Å². The van der Waals surface area contributed by atoms with Crippen LogP contribution in [0.5, 0.6) is 5.75 Å². The summed E-state index contributed by atoms with van der Waals surface area (Å²) < 4.78 is 11.0. The fourth-order valence-electron chi connectivity index (χ4n) is 2.31. The molecule has 6 nitrogen and oxygen atoms in total. The number of carbonyl (C=O) groups excluding carboxylic acids is 1. The van der Waals surface area contributed by atoms with Gasteiger partial charge in [-0.2, -0.15) is 0 Å². The summed E-state index contributed by atoms with van der Waals surface area (Å²) >= 11 is 3.40. The Morgan fingerprint density at radius 2 is 1.96 bits per heavy atom. The molecule has 0 unspecified atom stereocenters. The van der Waals surface area contributed by atoms with E-state index < -0.39 is 23.4 Å². The second-order valence-corrected chi connectivity index (χ2v) is 7.40. The summed E-state index contributed by atoms with van der Waals surface area (Å²) in [5, 5.41) is 12.9. The Kier molecular flexibility index (Phi) is 5.57. The van der Waals surface area contributed by atoms with Crippen LogP contribution in [0.25, 0.3) is 0 Å². The van der Waals surface area contributed by atoms with Gasteiger partial charge in [-0.1, -0.05) is 34.1 Å². The molecule has 0 saturated carbocycles. The van der Waals surface area contributed by atoms with Gasteiger partial charge in [0.1, 0.15) is 22.7 Å². The van der Waals surface area contributed by atoms with Crippen molar-refractivity contribution in [1.29, 1.82) is 0 Å². The number of ether oxygens (including phenoxy) is 1. The topological polar surface area (TPSA) is 88.8 Å². The molecule has 1 aromatic carbocycles. The first-order valence-corrected chi connectivity index (χ1v) is 8.45. The molecule has 0 aliphatic heterocycles. The summed E-state index contributed by atoms with van der Waals surface area (Å²) in [5.41, 5.74) is -0.916. The zero-order valence-corrected chi connectivity index (χ0v) is 16.0. The van der Waals surface area contributed by atoms with Gasteiger partial charge in [-0.25, -0.2) is 9.59 Å². The summed E-state index contributed by atoms with van der Waals surface area (Å²) in [6.45, 7) is 6.76. The maximum Gasteiger partial charge on any atom is 0.408 e. The number of benzene rings is 1. The van der Waals surface area contributed by atoms with Crippen LogP contribution in [0.2, 0.25) is 0 Å². The minimum absolute atomic E-state index is 0.0663. The van der Waals surface area contributed by atoms with E-state index in [9.17, 15) is 14.7 Å². The first-order valence-electron chi connectivity index (χ1n) is 7.66. The van der Waals surface area contributed by atoms with Crippen LogP contribution in [0.1, 0.15) is 43.7 Å². The van der Waals surface area contributed by atoms with E-state index in [4.69, 9.17) is 9.15 Å². The second kappa shape index (κ2) is 7.31. The first-order chi connectivity index (χ1) is 11.6. The Morgan fingerprint density at radius 3 is 2.52 bits per heavy atom. The molecule has 1 aromatic heterocycles. The lowest BCUT2D eigenvalue weighted by Crippen LogP contribution is -2.37. The van der Waals surface area contributed by atoms with Gasteiger partial charge in [0.25, 0.3) is 0 Å². The molecule has 0 fully saturated rings. The normalized spacial score (nSPS) is 12.5. The molecule has 0 radical (unpaired) electrons. The fraction of sp³-hybridized carbons (Fsp3) is 0.333. The van der Waals surface area contributed by atoms with Gasteiger partial charge in [0, 0.05) is 10.5 Å². The molecule has 1 amide bonds. The fourth-order valence-corrected chi connectivity index (χ4v) is 2.82. The largest absolute Gasteiger partial charge is 0.507 e. The molecule has 2 aromatic rings. The minimum atomic E-state index is -0.942. The summed E-state index contributed by atoms with van der Waals surface area (Å²) in [4.78, 5) is 24.6. The van der Waals surface area contributed by atoms with Crippen LogP contribution in [-0.2, 0) is 4.74 Å². The van der Waals surface area contributed by atoms with Crippen molar-refractivity contribution in [3.05, 3.63) is 62.1 Å². The van der Waals surface area contributed by atoms with Crippen LogP contribution >= 0.6 is 15.9 Å². The number of amides is 1. The van der Waals surface area contributed by atoms with Crippen molar-refractivity contribution < 1.29 is 19.1 Å². The standard InChI is InChI=1S/C18H20BrNO5/c1-10-9-13(21)14(16(22)24-10)15(11-7-5-6-8-12(11)19)20-17(23)25-18(2,3)4/h5-9,15,21H,1-4H3,(H,20,23)/t15-/m1/s1. The molecule has 1 atom stereocenters. The number of rotatable bonds is 3. The lowest BCUT2D eigenvalue weighted by atomic mass is 9.99. The van der Waals surface area contributed by atoms with Crippen molar-refractivity contribution >= 4 is 22.0 Å². The highest BCUT2D eigenvalue weighted by atomic mass is 79.9. The monoisotopic (exact) mass is 409 g/mol. The Morgan fingerprint density at radius 1 is 1.32 bits per heavy atom. The predicted molar refractivity (Wildman–Crippen MR) is 96.7 cm³/mol. The summed E-state index contributed by atoms with van der Waals surface area (Å²) in [6.07, 6.45) is -0.715. The Hall–Kier alpha value is -2.28.